The van der Waals surface area contributed by atoms with Gasteiger partial charge in [-0.05, 0) is 37.2 Å². The largest absolute Gasteiger partial charge is 0.465 e. The number of rotatable bonds is 4. The molecule has 3 N–H and O–H groups in total. The first-order valence-corrected chi connectivity index (χ1v) is 6.24. The smallest absolute Gasteiger partial charge is 0.340 e. The van der Waals surface area contributed by atoms with E-state index in [0.717, 1.165) is 0 Å². The SMILES string of the molecule is COC(=O)c1c(-c2ccc(F)cc2)n[nH]c(=O)c1CCN. The number of esters is 1. The predicted octanol–water partition coefficient (Wildman–Crippen LogP) is 0.864. The average molecular weight is 291 g/mol. The molecule has 0 amide bonds. The van der Waals surface area contributed by atoms with Crippen molar-refractivity contribution >= 4 is 5.97 Å². The van der Waals surface area contributed by atoms with Crippen LogP contribution in [-0.4, -0.2) is 29.8 Å². The second-order valence-electron chi connectivity index (χ2n) is 4.29. The van der Waals surface area contributed by atoms with Gasteiger partial charge in [-0.2, -0.15) is 5.10 Å². The number of benzene rings is 1. The minimum Gasteiger partial charge on any atom is -0.465 e. The predicted molar refractivity (Wildman–Crippen MR) is 74.3 cm³/mol. The molecule has 6 nitrogen and oxygen atoms in total. The van der Waals surface area contributed by atoms with Crippen LogP contribution < -0.4 is 11.3 Å². The van der Waals surface area contributed by atoms with Crippen LogP contribution in [0.25, 0.3) is 11.3 Å². The maximum absolute atomic E-state index is 13.0. The van der Waals surface area contributed by atoms with Gasteiger partial charge in [-0.15, -0.1) is 0 Å². The van der Waals surface area contributed by atoms with Gasteiger partial charge < -0.3 is 10.5 Å². The number of aromatic amines is 1. The Kier molecular flexibility index (Phi) is 4.44. The maximum Gasteiger partial charge on any atom is 0.340 e. The Balaban J connectivity index is 2.70. The van der Waals surface area contributed by atoms with E-state index in [-0.39, 0.29) is 29.8 Å². The van der Waals surface area contributed by atoms with Crippen molar-refractivity contribution in [1.82, 2.24) is 10.2 Å². The fourth-order valence-electron chi connectivity index (χ4n) is 2.01. The summed E-state index contributed by atoms with van der Waals surface area (Å²) in [5.74, 6) is -1.10. The standard InChI is InChI=1S/C14H14FN3O3/c1-21-14(20)11-10(6-7-16)13(19)18-17-12(11)8-2-4-9(15)5-3-8/h2-5H,6-7,16H2,1H3,(H,18,19). The highest BCUT2D eigenvalue weighted by Gasteiger charge is 2.22. The zero-order valence-corrected chi connectivity index (χ0v) is 11.4. The molecule has 0 saturated carbocycles. The molecule has 1 aromatic carbocycles. The molecule has 0 aliphatic carbocycles. The zero-order valence-electron chi connectivity index (χ0n) is 11.4. The summed E-state index contributed by atoms with van der Waals surface area (Å²) in [5.41, 5.74) is 5.96. The molecule has 0 bridgehead atoms. The van der Waals surface area contributed by atoms with Crippen LogP contribution in [0, 0.1) is 5.82 Å². The summed E-state index contributed by atoms with van der Waals surface area (Å²) >= 11 is 0. The summed E-state index contributed by atoms with van der Waals surface area (Å²) in [6.45, 7) is 0.194. The molecule has 0 fully saturated rings. The summed E-state index contributed by atoms with van der Waals surface area (Å²) in [6.07, 6.45) is 0.205. The van der Waals surface area contributed by atoms with E-state index >= 15 is 0 Å². The normalized spacial score (nSPS) is 10.4. The number of hydrogen-bond donors (Lipinski definition) is 2. The number of nitrogens with two attached hydrogens (primary N) is 1. The number of hydrogen-bond acceptors (Lipinski definition) is 5. The zero-order chi connectivity index (χ0) is 15.4. The molecule has 0 aliphatic rings. The highest BCUT2D eigenvalue weighted by molar-refractivity contribution is 5.97. The molecule has 1 aromatic heterocycles. The van der Waals surface area contributed by atoms with Crippen LogP contribution in [-0.2, 0) is 11.2 Å². The van der Waals surface area contributed by atoms with Gasteiger partial charge in [0.1, 0.15) is 11.5 Å². The van der Waals surface area contributed by atoms with E-state index in [1.54, 1.807) is 0 Å². The third kappa shape index (κ3) is 2.97. The second kappa shape index (κ2) is 6.27. The number of ether oxygens (including phenoxy) is 1. The molecule has 0 aliphatic heterocycles. The lowest BCUT2D eigenvalue weighted by molar-refractivity contribution is 0.0599. The fraction of sp³-hybridized carbons (Fsp3) is 0.214. The molecule has 7 heteroatoms. The monoisotopic (exact) mass is 291 g/mol. The number of halogens is 1. The van der Waals surface area contributed by atoms with Crippen molar-refractivity contribution in [2.45, 2.75) is 6.42 Å². The van der Waals surface area contributed by atoms with E-state index < -0.39 is 17.3 Å². The van der Waals surface area contributed by atoms with Crippen molar-refractivity contribution in [2.24, 2.45) is 5.73 Å². The number of aromatic nitrogens is 2. The summed E-state index contributed by atoms with van der Waals surface area (Å²) < 4.78 is 17.7. The van der Waals surface area contributed by atoms with Crippen molar-refractivity contribution in [3.05, 3.63) is 51.6 Å². The van der Waals surface area contributed by atoms with Crippen LogP contribution in [0.15, 0.2) is 29.1 Å². The van der Waals surface area contributed by atoms with Gasteiger partial charge >= 0.3 is 5.97 Å². The van der Waals surface area contributed by atoms with Gasteiger partial charge in [-0.1, -0.05) is 0 Å². The third-order valence-corrected chi connectivity index (χ3v) is 2.98. The lowest BCUT2D eigenvalue weighted by Crippen LogP contribution is -2.24. The molecular formula is C14H14FN3O3. The first kappa shape index (κ1) is 14.9. The molecule has 110 valence electrons. The summed E-state index contributed by atoms with van der Waals surface area (Å²) in [5, 5.41) is 6.21. The van der Waals surface area contributed by atoms with E-state index in [1.165, 1.54) is 31.4 Å². The Morgan fingerprint density at radius 1 is 1.38 bits per heavy atom. The van der Waals surface area contributed by atoms with Gasteiger partial charge in [0.15, 0.2) is 0 Å². The molecule has 21 heavy (non-hydrogen) atoms. The van der Waals surface area contributed by atoms with Crippen LogP contribution in [0.1, 0.15) is 15.9 Å². The minimum atomic E-state index is -0.684. The van der Waals surface area contributed by atoms with Crippen LogP contribution in [0.4, 0.5) is 4.39 Å². The van der Waals surface area contributed by atoms with E-state index in [4.69, 9.17) is 10.5 Å². The number of nitrogens with zero attached hydrogens (tertiary/aromatic N) is 1. The van der Waals surface area contributed by atoms with Crippen molar-refractivity contribution in [3.63, 3.8) is 0 Å². The molecule has 2 rings (SSSR count). The Bertz CT molecular complexity index is 710. The van der Waals surface area contributed by atoms with Gasteiger partial charge in [0.05, 0.1) is 12.7 Å². The highest BCUT2D eigenvalue weighted by atomic mass is 19.1. The quantitative estimate of drug-likeness (QED) is 0.814. The van der Waals surface area contributed by atoms with Gasteiger partial charge in [0.2, 0.25) is 0 Å². The third-order valence-electron chi connectivity index (χ3n) is 2.98. The van der Waals surface area contributed by atoms with E-state index in [9.17, 15) is 14.0 Å². The number of carbonyl (C=O) groups excluding carboxylic acids is 1. The Morgan fingerprint density at radius 3 is 2.62 bits per heavy atom. The summed E-state index contributed by atoms with van der Waals surface area (Å²) in [6, 6.07) is 5.42. The van der Waals surface area contributed by atoms with E-state index in [0.29, 0.717) is 5.56 Å². The number of carbonyl (C=O) groups is 1. The lowest BCUT2D eigenvalue weighted by Gasteiger charge is -2.11. The Labute approximate surface area is 119 Å². The molecule has 0 saturated heterocycles. The molecule has 0 atom stereocenters. The average Bonchev–Trinajstić information content (AvgIpc) is 2.49. The molecule has 2 aromatic rings. The van der Waals surface area contributed by atoms with Crippen LogP contribution in [0.2, 0.25) is 0 Å². The van der Waals surface area contributed by atoms with Gasteiger partial charge in [-0.3, -0.25) is 4.79 Å². The van der Waals surface area contributed by atoms with E-state index in [2.05, 4.69) is 10.2 Å². The number of methoxy groups -OCH3 is 1. The van der Waals surface area contributed by atoms with Gasteiger partial charge in [0, 0.05) is 11.1 Å². The number of nitrogens with one attached hydrogen (secondary N) is 1. The van der Waals surface area contributed by atoms with Crippen molar-refractivity contribution in [1.29, 1.82) is 0 Å². The van der Waals surface area contributed by atoms with Gasteiger partial charge in [-0.25, -0.2) is 14.3 Å². The van der Waals surface area contributed by atoms with Crippen LogP contribution >= 0.6 is 0 Å². The minimum absolute atomic E-state index is 0.0540. The summed E-state index contributed by atoms with van der Waals surface area (Å²) in [7, 11) is 1.21. The Morgan fingerprint density at radius 2 is 2.05 bits per heavy atom. The second-order valence-corrected chi connectivity index (χ2v) is 4.29. The van der Waals surface area contributed by atoms with Crippen LogP contribution in [0.5, 0.6) is 0 Å². The highest BCUT2D eigenvalue weighted by Crippen LogP contribution is 2.23. The topological polar surface area (TPSA) is 98.1 Å². The Hall–Kier alpha value is -2.54. The fourth-order valence-corrected chi connectivity index (χ4v) is 2.01. The first-order chi connectivity index (χ1) is 10.1. The maximum atomic E-state index is 13.0. The lowest BCUT2D eigenvalue weighted by atomic mass is 10.0. The molecular weight excluding hydrogens is 277 g/mol. The van der Waals surface area contributed by atoms with Crippen molar-refractivity contribution < 1.29 is 13.9 Å². The molecule has 0 spiro atoms. The van der Waals surface area contributed by atoms with E-state index in [1.807, 2.05) is 0 Å². The summed E-state index contributed by atoms with van der Waals surface area (Å²) in [4.78, 5) is 23.8. The molecule has 1 heterocycles. The number of H-pyrrole nitrogens is 1. The molecule has 0 radical (unpaired) electrons. The molecule has 0 unspecified atom stereocenters. The van der Waals surface area contributed by atoms with Crippen LogP contribution in [0.3, 0.4) is 0 Å². The van der Waals surface area contributed by atoms with Gasteiger partial charge in [0.25, 0.3) is 5.56 Å². The first-order valence-electron chi connectivity index (χ1n) is 6.24. The van der Waals surface area contributed by atoms with Crippen molar-refractivity contribution in [2.75, 3.05) is 13.7 Å². The van der Waals surface area contributed by atoms with Crippen molar-refractivity contribution in [3.8, 4) is 11.3 Å².